The van der Waals surface area contributed by atoms with Gasteiger partial charge in [0.2, 0.25) is 0 Å². The molecule has 0 fully saturated rings. The van der Waals surface area contributed by atoms with Gasteiger partial charge in [0.25, 0.3) is 0 Å². The van der Waals surface area contributed by atoms with E-state index >= 15 is 0 Å². The van der Waals surface area contributed by atoms with Gasteiger partial charge in [-0.1, -0.05) is 48.6 Å². The van der Waals surface area contributed by atoms with Gasteiger partial charge in [0.05, 0.1) is 7.11 Å². The first kappa shape index (κ1) is 12.9. The van der Waals surface area contributed by atoms with Gasteiger partial charge < -0.3 is 9.84 Å². The zero-order chi connectivity index (χ0) is 13.7. The van der Waals surface area contributed by atoms with Crippen molar-refractivity contribution >= 4 is 22.8 Å². The van der Waals surface area contributed by atoms with Crippen LogP contribution in [0.5, 0.6) is 5.75 Å². The second-order valence-corrected chi connectivity index (χ2v) is 3.96. The maximum Gasteiger partial charge on any atom is 0.328 e. The van der Waals surface area contributed by atoms with Crippen molar-refractivity contribution in [3.8, 4) is 5.75 Å². The normalized spacial score (nSPS) is 11.4. The SMILES string of the molecule is COc1ccc2ccccc2c1C=CC=CC(=O)O. The molecule has 0 amide bonds. The molecule has 0 aliphatic carbocycles. The van der Waals surface area contributed by atoms with Gasteiger partial charge in [0, 0.05) is 11.6 Å². The van der Waals surface area contributed by atoms with Gasteiger partial charge in [0.15, 0.2) is 0 Å². The molecule has 0 heterocycles. The van der Waals surface area contributed by atoms with E-state index in [-0.39, 0.29) is 0 Å². The summed E-state index contributed by atoms with van der Waals surface area (Å²) in [5.41, 5.74) is 0.940. The summed E-state index contributed by atoms with van der Waals surface area (Å²) in [4.78, 5) is 10.4. The minimum atomic E-state index is -0.963. The lowest BCUT2D eigenvalue weighted by Crippen LogP contribution is -1.88. The maximum atomic E-state index is 10.4. The van der Waals surface area contributed by atoms with E-state index in [1.807, 2.05) is 42.5 Å². The average Bonchev–Trinajstić information content (AvgIpc) is 2.43. The van der Waals surface area contributed by atoms with Crippen LogP contribution in [0.3, 0.4) is 0 Å². The lowest BCUT2D eigenvalue weighted by atomic mass is 10.0. The number of ether oxygens (including phenoxy) is 1. The van der Waals surface area contributed by atoms with Crippen LogP contribution in [-0.4, -0.2) is 18.2 Å². The first-order chi connectivity index (χ1) is 9.22. The molecule has 0 unspecified atom stereocenters. The topological polar surface area (TPSA) is 46.5 Å². The third-order valence-electron chi connectivity index (χ3n) is 2.76. The molecule has 0 spiro atoms. The zero-order valence-corrected chi connectivity index (χ0v) is 10.5. The molecule has 0 atom stereocenters. The van der Waals surface area contributed by atoms with Crippen molar-refractivity contribution in [3.05, 3.63) is 60.2 Å². The first-order valence-corrected chi connectivity index (χ1v) is 5.86. The standard InChI is InChI=1S/C16H14O3/c1-19-15-11-10-12-6-2-3-7-13(12)14(15)8-4-5-9-16(17)18/h2-11H,1H3,(H,17,18). The Morgan fingerprint density at radius 1 is 1.16 bits per heavy atom. The van der Waals surface area contributed by atoms with Crippen LogP contribution in [0.2, 0.25) is 0 Å². The fraction of sp³-hybridized carbons (Fsp3) is 0.0625. The van der Waals surface area contributed by atoms with E-state index in [9.17, 15) is 4.79 Å². The third kappa shape index (κ3) is 3.01. The summed E-state index contributed by atoms with van der Waals surface area (Å²) in [6.07, 6.45) is 6.12. The van der Waals surface area contributed by atoms with E-state index in [1.165, 1.54) is 6.08 Å². The van der Waals surface area contributed by atoms with Gasteiger partial charge in [-0.3, -0.25) is 0 Å². The molecule has 1 N–H and O–H groups in total. The fourth-order valence-electron chi connectivity index (χ4n) is 1.92. The molecule has 0 saturated carbocycles. The Bertz CT molecular complexity index is 654. The molecule has 0 bridgehead atoms. The number of carboxylic acids is 1. The summed E-state index contributed by atoms with van der Waals surface area (Å²) in [6, 6.07) is 11.9. The van der Waals surface area contributed by atoms with Gasteiger partial charge in [-0.05, 0) is 16.8 Å². The number of hydrogen-bond donors (Lipinski definition) is 1. The number of carbonyl (C=O) groups is 1. The van der Waals surface area contributed by atoms with Gasteiger partial charge in [0.1, 0.15) is 5.75 Å². The Balaban J connectivity index is 2.47. The van der Waals surface area contributed by atoms with Crippen molar-refractivity contribution < 1.29 is 14.6 Å². The van der Waals surface area contributed by atoms with Gasteiger partial charge in [-0.15, -0.1) is 0 Å². The molecule has 0 aliphatic rings. The highest BCUT2D eigenvalue weighted by atomic mass is 16.5. The molecule has 0 saturated heterocycles. The quantitative estimate of drug-likeness (QED) is 0.671. The molecule has 19 heavy (non-hydrogen) atoms. The van der Waals surface area contributed by atoms with Crippen LogP contribution in [-0.2, 0) is 4.79 Å². The Hall–Kier alpha value is -2.55. The van der Waals surface area contributed by atoms with Gasteiger partial charge in [-0.25, -0.2) is 4.79 Å². The van der Waals surface area contributed by atoms with Crippen molar-refractivity contribution in [1.29, 1.82) is 0 Å². The number of carboxylic acid groups (broad SMARTS) is 1. The summed E-state index contributed by atoms with van der Waals surface area (Å²) in [6.45, 7) is 0. The largest absolute Gasteiger partial charge is 0.496 e. The number of fused-ring (bicyclic) bond motifs is 1. The Labute approximate surface area is 111 Å². The molecule has 2 aromatic rings. The van der Waals surface area contributed by atoms with Crippen molar-refractivity contribution in [2.45, 2.75) is 0 Å². The number of methoxy groups -OCH3 is 1. The molecular formula is C16H14O3. The number of rotatable bonds is 4. The molecule has 3 nitrogen and oxygen atoms in total. The zero-order valence-electron chi connectivity index (χ0n) is 10.5. The lowest BCUT2D eigenvalue weighted by Gasteiger charge is -2.08. The smallest absolute Gasteiger partial charge is 0.328 e. The van der Waals surface area contributed by atoms with Crippen LogP contribution >= 0.6 is 0 Å². The molecule has 0 radical (unpaired) electrons. The van der Waals surface area contributed by atoms with E-state index in [4.69, 9.17) is 9.84 Å². The van der Waals surface area contributed by atoms with Crippen molar-refractivity contribution in [2.75, 3.05) is 7.11 Å². The van der Waals surface area contributed by atoms with Crippen LogP contribution in [0.25, 0.3) is 16.8 Å². The van der Waals surface area contributed by atoms with E-state index in [0.29, 0.717) is 0 Å². The van der Waals surface area contributed by atoms with Gasteiger partial charge in [-0.2, -0.15) is 0 Å². The molecule has 0 aromatic heterocycles. The lowest BCUT2D eigenvalue weighted by molar-refractivity contribution is -0.131. The Kier molecular flexibility index (Phi) is 3.98. The minimum absolute atomic E-state index is 0.763. The van der Waals surface area contributed by atoms with Crippen molar-refractivity contribution in [1.82, 2.24) is 0 Å². The number of benzene rings is 2. The van der Waals surface area contributed by atoms with Crippen LogP contribution in [0.1, 0.15) is 5.56 Å². The molecule has 0 aliphatic heterocycles. The van der Waals surface area contributed by atoms with E-state index in [0.717, 1.165) is 28.2 Å². The predicted molar refractivity (Wildman–Crippen MR) is 76.3 cm³/mol. The maximum absolute atomic E-state index is 10.4. The third-order valence-corrected chi connectivity index (χ3v) is 2.76. The monoisotopic (exact) mass is 254 g/mol. The second kappa shape index (κ2) is 5.87. The number of aliphatic carboxylic acids is 1. The van der Waals surface area contributed by atoms with E-state index in [2.05, 4.69) is 0 Å². The Morgan fingerprint density at radius 3 is 2.68 bits per heavy atom. The minimum Gasteiger partial charge on any atom is -0.496 e. The summed E-state index contributed by atoms with van der Waals surface area (Å²) in [5.74, 6) is -0.201. The predicted octanol–water partition coefficient (Wildman–Crippen LogP) is 3.50. The second-order valence-electron chi connectivity index (χ2n) is 3.96. The van der Waals surface area contributed by atoms with Crippen LogP contribution in [0, 0.1) is 0 Å². The summed E-state index contributed by atoms with van der Waals surface area (Å²) in [7, 11) is 1.62. The van der Waals surface area contributed by atoms with Crippen LogP contribution in [0.4, 0.5) is 0 Å². The summed E-state index contributed by atoms with van der Waals surface area (Å²) < 4.78 is 5.34. The number of hydrogen-bond acceptors (Lipinski definition) is 2. The highest BCUT2D eigenvalue weighted by Crippen LogP contribution is 2.29. The Morgan fingerprint density at radius 2 is 1.95 bits per heavy atom. The van der Waals surface area contributed by atoms with Crippen LogP contribution < -0.4 is 4.74 Å². The molecule has 96 valence electrons. The number of allylic oxidation sites excluding steroid dienone is 2. The van der Waals surface area contributed by atoms with E-state index in [1.54, 1.807) is 13.2 Å². The molecule has 2 rings (SSSR count). The highest BCUT2D eigenvalue weighted by molar-refractivity contribution is 5.93. The van der Waals surface area contributed by atoms with Crippen molar-refractivity contribution in [2.24, 2.45) is 0 Å². The van der Waals surface area contributed by atoms with Crippen molar-refractivity contribution in [3.63, 3.8) is 0 Å². The van der Waals surface area contributed by atoms with E-state index < -0.39 is 5.97 Å². The van der Waals surface area contributed by atoms with Crippen LogP contribution in [0.15, 0.2) is 54.6 Å². The summed E-state index contributed by atoms with van der Waals surface area (Å²) >= 11 is 0. The molecule has 2 aromatic carbocycles. The fourth-order valence-corrected chi connectivity index (χ4v) is 1.92. The van der Waals surface area contributed by atoms with Gasteiger partial charge >= 0.3 is 5.97 Å². The first-order valence-electron chi connectivity index (χ1n) is 5.86. The molecule has 3 heteroatoms. The molecular weight excluding hydrogens is 240 g/mol. The summed E-state index contributed by atoms with van der Waals surface area (Å²) in [5, 5.41) is 10.7. The highest BCUT2D eigenvalue weighted by Gasteiger charge is 2.04. The average molecular weight is 254 g/mol.